The molecule has 6 nitrogen and oxygen atoms in total. The number of unbranched alkanes of at least 4 members (excludes halogenated alkanes) is 2. The molecule has 0 aromatic heterocycles. The highest BCUT2D eigenvalue weighted by molar-refractivity contribution is 5.79. The van der Waals surface area contributed by atoms with Gasteiger partial charge in [0.25, 0.3) is 0 Å². The molecule has 26 heavy (non-hydrogen) atoms. The van der Waals surface area contributed by atoms with Crippen LogP contribution in [0.3, 0.4) is 0 Å². The predicted octanol–water partition coefficient (Wildman–Crippen LogP) is 1.92. The van der Waals surface area contributed by atoms with Crippen molar-refractivity contribution in [1.82, 2.24) is 20.4 Å². The SMILES string of the molecule is CCNC(=NCCCN1CCOCC1)NCCCCCN1CCCCC1. The molecule has 2 fully saturated rings. The average molecular weight is 368 g/mol. The minimum Gasteiger partial charge on any atom is -0.379 e. The Bertz CT molecular complexity index is 365. The summed E-state index contributed by atoms with van der Waals surface area (Å²) in [7, 11) is 0. The molecule has 0 unspecified atom stereocenters. The summed E-state index contributed by atoms with van der Waals surface area (Å²) in [4.78, 5) is 9.83. The number of nitrogens with zero attached hydrogens (tertiary/aromatic N) is 3. The summed E-state index contributed by atoms with van der Waals surface area (Å²) in [5, 5.41) is 6.85. The molecule has 2 aliphatic heterocycles. The molecule has 2 N–H and O–H groups in total. The van der Waals surface area contributed by atoms with Crippen LogP contribution in [-0.2, 0) is 4.74 Å². The van der Waals surface area contributed by atoms with Gasteiger partial charge in [0, 0.05) is 39.3 Å². The first-order valence-corrected chi connectivity index (χ1v) is 10.9. The van der Waals surface area contributed by atoms with Crippen LogP contribution in [0.1, 0.15) is 51.9 Å². The third-order valence-electron chi connectivity index (χ3n) is 5.24. The fraction of sp³-hybridized carbons (Fsp3) is 0.950. The van der Waals surface area contributed by atoms with Gasteiger partial charge in [-0.2, -0.15) is 0 Å². The summed E-state index contributed by atoms with van der Waals surface area (Å²) in [6.07, 6.45) is 9.21. The van der Waals surface area contributed by atoms with Gasteiger partial charge in [0.05, 0.1) is 13.2 Å². The third kappa shape index (κ3) is 9.74. The number of aliphatic imine (C=N–C) groups is 1. The number of guanidine groups is 1. The minimum atomic E-state index is 0.880. The van der Waals surface area contributed by atoms with Crippen LogP contribution in [0.15, 0.2) is 4.99 Å². The van der Waals surface area contributed by atoms with Gasteiger partial charge in [0.15, 0.2) is 5.96 Å². The smallest absolute Gasteiger partial charge is 0.191 e. The van der Waals surface area contributed by atoms with E-state index in [4.69, 9.17) is 9.73 Å². The van der Waals surface area contributed by atoms with Crippen molar-refractivity contribution in [3.8, 4) is 0 Å². The molecule has 2 aliphatic rings. The Morgan fingerprint density at radius 1 is 0.846 bits per heavy atom. The number of ether oxygens (including phenoxy) is 1. The summed E-state index contributed by atoms with van der Waals surface area (Å²) in [5.74, 6) is 0.977. The van der Waals surface area contributed by atoms with Crippen LogP contribution < -0.4 is 10.6 Å². The molecule has 0 spiro atoms. The Labute approximate surface area is 160 Å². The number of piperidine rings is 1. The molecule has 152 valence electrons. The highest BCUT2D eigenvalue weighted by Crippen LogP contribution is 2.09. The largest absolute Gasteiger partial charge is 0.379 e. The van der Waals surface area contributed by atoms with E-state index in [0.717, 1.165) is 64.9 Å². The van der Waals surface area contributed by atoms with Gasteiger partial charge in [-0.15, -0.1) is 0 Å². The number of likely N-dealkylation sites (tertiary alicyclic amines) is 1. The van der Waals surface area contributed by atoms with Crippen LogP contribution in [0.25, 0.3) is 0 Å². The molecule has 0 aliphatic carbocycles. The van der Waals surface area contributed by atoms with Gasteiger partial charge < -0.3 is 20.3 Å². The lowest BCUT2D eigenvalue weighted by Crippen LogP contribution is -2.38. The second kappa shape index (κ2) is 14.2. The van der Waals surface area contributed by atoms with Crippen molar-refractivity contribution in [2.75, 3.05) is 72.1 Å². The molecule has 6 heteroatoms. The molecule has 2 saturated heterocycles. The van der Waals surface area contributed by atoms with Crippen LogP contribution in [0.4, 0.5) is 0 Å². The van der Waals surface area contributed by atoms with E-state index in [1.165, 1.54) is 58.2 Å². The monoisotopic (exact) mass is 367 g/mol. The van der Waals surface area contributed by atoms with E-state index < -0.39 is 0 Å². The van der Waals surface area contributed by atoms with E-state index in [0.29, 0.717) is 0 Å². The molecule has 2 rings (SSSR count). The van der Waals surface area contributed by atoms with E-state index in [9.17, 15) is 0 Å². The first kappa shape index (κ1) is 21.5. The first-order valence-electron chi connectivity index (χ1n) is 10.9. The average Bonchev–Trinajstić information content (AvgIpc) is 2.69. The van der Waals surface area contributed by atoms with E-state index in [1.54, 1.807) is 0 Å². The zero-order valence-corrected chi connectivity index (χ0v) is 17.0. The van der Waals surface area contributed by atoms with E-state index >= 15 is 0 Å². The second-order valence-corrected chi connectivity index (χ2v) is 7.46. The van der Waals surface area contributed by atoms with Crippen LogP contribution >= 0.6 is 0 Å². The van der Waals surface area contributed by atoms with E-state index in [1.807, 2.05) is 0 Å². The highest BCUT2D eigenvalue weighted by atomic mass is 16.5. The quantitative estimate of drug-likeness (QED) is 0.332. The Morgan fingerprint density at radius 2 is 1.58 bits per heavy atom. The van der Waals surface area contributed by atoms with Crippen molar-refractivity contribution >= 4 is 5.96 Å². The normalized spacial score (nSPS) is 20.3. The van der Waals surface area contributed by atoms with Gasteiger partial charge in [0.2, 0.25) is 0 Å². The maximum absolute atomic E-state index is 5.39. The van der Waals surface area contributed by atoms with Crippen LogP contribution in [0.5, 0.6) is 0 Å². The van der Waals surface area contributed by atoms with E-state index in [-0.39, 0.29) is 0 Å². The topological polar surface area (TPSA) is 52.1 Å². The summed E-state index contributed by atoms with van der Waals surface area (Å²) >= 11 is 0. The summed E-state index contributed by atoms with van der Waals surface area (Å²) in [6.45, 7) is 13.9. The highest BCUT2D eigenvalue weighted by Gasteiger charge is 2.10. The summed E-state index contributed by atoms with van der Waals surface area (Å²) in [6, 6.07) is 0. The molecular formula is C20H41N5O. The van der Waals surface area contributed by atoms with Crippen molar-refractivity contribution in [2.45, 2.75) is 51.9 Å². The van der Waals surface area contributed by atoms with Gasteiger partial charge >= 0.3 is 0 Å². The molecule has 0 aromatic carbocycles. The predicted molar refractivity (Wildman–Crippen MR) is 110 cm³/mol. The fourth-order valence-corrected chi connectivity index (χ4v) is 3.68. The van der Waals surface area contributed by atoms with Gasteiger partial charge in [-0.25, -0.2) is 0 Å². The summed E-state index contributed by atoms with van der Waals surface area (Å²) < 4.78 is 5.39. The minimum absolute atomic E-state index is 0.880. The fourth-order valence-electron chi connectivity index (χ4n) is 3.68. The van der Waals surface area contributed by atoms with Gasteiger partial charge in [-0.1, -0.05) is 12.8 Å². The van der Waals surface area contributed by atoms with E-state index in [2.05, 4.69) is 27.4 Å². The zero-order chi connectivity index (χ0) is 18.3. The molecule has 0 bridgehead atoms. The maximum Gasteiger partial charge on any atom is 0.191 e. The molecular weight excluding hydrogens is 326 g/mol. The van der Waals surface area contributed by atoms with Gasteiger partial charge in [-0.3, -0.25) is 9.89 Å². The Morgan fingerprint density at radius 3 is 2.35 bits per heavy atom. The Kier molecular flexibility index (Phi) is 11.7. The number of nitrogens with one attached hydrogen (secondary N) is 2. The van der Waals surface area contributed by atoms with Crippen LogP contribution in [-0.4, -0.2) is 87.9 Å². The standard InChI is InChI=1S/C20H41N5O/c1-2-21-20(23-11-9-15-25-16-18-26-19-17-25)22-10-5-3-6-12-24-13-7-4-8-14-24/h2-19H2,1H3,(H2,21,22,23). The zero-order valence-electron chi connectivity index (χ0n) is 17.0. The Balaban J connectivity index is 1.49. The first-order chi connectivity index (χ1) is 12.9. The lowest BCUT2D eigenvalue weighted by molar-refractivity contribution is 0.0377. The van der Waals surface area contributed by atoms with Crippen LogP contribution in [0, 0.1) is 0 Å². The van der Waals surface area contributed by atoms with Gasteiger partial charge in [-0.05, 0) is 58.7 Å². The molecule has 0 aromatic rings. The lowest BCUT2D eigenvalue weighted by Gasteiger charge is -2.26. The molecule has 0 saturated carbocycles. The molecule has 0 amide bonds. The number of hydrogen-bond acceptors (Lipinski definition) is 4. The molecule has 0 atom stereocenters. The Hall–Kier alpha value is -0.850. The number of hydrogen-bond donors (Lipinski definition) is 2. The summed E-state index contributed by atoms with van der Waals surface area (Å²) in [5.41, 5.74) is 0. The van der Waals surface area contributed by atoms with Crippen LogP contribution in [0.2, 0.25) is 0 Å². The van der Waals surface area contributed by atoms with Gasteiger partial charge in [0.1, 0.15) is 0 Å². The second-order valence-electron chi connectivity index (χ2n) is 7.46. The molecule has 2 heterocycles. The lowest BCUT2D eigenvalue weighted by atomic mass is 10.1. The maximum atomic E-state index is 5.39. The molecule has 0 radical (unpaired) electrons. The van der Waals surface area contributed by atoms with Crippen molar-refractivity contribution in [3.05, 3.63) is 0 Å². The van der Waals surface area contributed by atoms with Crippen molar-refractivity contribution in [2.24, 2.45) is 4.99 Å². The van der Waals surface area contributed by atoms with Crippen molar-refractivity contribution in [3.63, 3.8) is 0 Å². The number of rotatable bonds is 11. The number of morpholine rings is 1. The van der Waals surface area contributed by atoms with Crippen molar-refractivity contribution < 1.29 is 4.74 Å². The third-order valence-corrected chi connectivity index (χ3v) is 5.24. The van der Waals surface area contributed by atoms with Crippen molar-refractivity contribution in [1.29, 1.82) is 0 Å².